The van der Waals surface area contributed by atoms with E-state index >= 15 is 0 Å². The maximum atomic E-state index is 11.6. The first-order chi connectivity index (χ1) is 24.3. The molecule has 0 bridgehead atoms. The molecule has 14 heteroatoms. The van der Waals surface area contributed by atoms with Crippen LogP contribution in [-0.2, 0) is 0 Å². The molecule has 3 aromatic heterocycles. The second-order valence-electron chi connectivity index (χ2n) is 11.7. The van der Waals surface area contributed by atoms with E-state index in [4.69, 9.17) is 33.2 Å². The van der Waals surface area contributed by atoms with Gasteiger partial charge in [-0.1, -0.05) is 36.5 Å². The second kappa shape index (κ2) is 15.4. The molecule has 0 saturated carbocycles. The lowest BCUT2D eigenvalue weighted by Gasteiger charge is -2.38. The van der Waals surface area contributed by atoms with Crippen molar-refractivity contribution < 1.29 is 14.3 Å². The molecule has 2 aromatic carbocycles. The van der Waals surface area contributed by atoms with Crippen molar-refractivity contribution in [3.8, 4) is 17.6 Å². The van der Waals surface area contributed by atoms with E-state index in [1.165, 1.54) is 11.3 Å². The summed E-state index contributed by atoms with van der Waals surface area (Å²) in [6.45, 7) is 6.80. The maximum Gasteiger partial charge on any atom is 0.260 e. The lowest BCUT2D eigenvalue weighted by Crippen LogP contribution is -2.46. The summed E-state index contributed by atoms with van der Waals surface area (Å²) in [4.78, 5) is 29.2. The molecule has 2 aliphatic heterocycles. The van der Waals surface area contributed by atoms with Gasteiger partial charge in [-0.25, -0.2) is 4.98 Å². The number of anilines is 5. The van der Waals surface area contributed by atoms with Gasteiger partial charge in [0.1, 0.15) is 37.5 Å². The summed E-state index contributed by atoms with van der Waals surface area (Å²) >= 11 is 6.46. The van der Waals surface area contributed by atoms with Crippen LogP contribution in [0.3, 0.4) is 0 Å². The topological polar surface area (TPSA) is 153 Å². The van der Waals surface area contributed by atoms with Crippen LogP contribution >= 0.6 is 23.6 Å². The summed E-state index contributed by atoms with van der Waals surface area (Å²) in [7, 11) is 3.39. The van der Waals surface area contributed by atoms with Crippen molar-refractivity contribution in [2.45, 2.75) is 0 Å². The van der Waals surface area contributed by atoms with Crippen LogP contribution in [0.25, 0.3) is 10.2 Å². The molecule has 2 fully saturated rings. The molecular weight excluding hydrogens is 671 g/mol. The highest BCUT2D eigenvalue weighted by Crippen LogP contribution is 2.39. The predicted octanol–water partition coefficient (Wildman–Crippen LogP) is 5.26. The summed E-state index contributed by atoms with van der Waals surface area (Å²) in [5.74, 6) is 1.26. The third-order valence-electron chi connectivity index (χ3n) is 8.97. The van der Waals surface area contributed by atoms with E-state index in [2.05, 4.69) is 47.8 Å². The number of benzene rings is 2. The third-order valence-corrected chi connectivity index (χ3v) is 10.4. The smallest absolute Gasteiger partial charge is 0.260 e. The summed E-state index contributed by atoms with van der Waals surface area (Å²) in [6.07, 6.45) is 3.55. The first-order valence-electron chi connectivity index (χ1n) is 16.2. The van der Waals surface area contributed by atoms with Crippen LogP contribution in [0.15, 0.2) is 73.1 Å². The molecule has 258 valence electrons. The summed E-state index contributed by atoms with van der Waals surface area (Å²) in [5.41, 5.74) is 16.8. The molecule has 0 aliphatic carbocycles. The van der Waals surface area contributed by atoms with Gasteiger partial charge >= 0.3 is 0 Å². The Labute approximate surface area is 300 Å². The van der Waals surface area contributed by atoms with E-state index in [-0.39, 0.29) is 0 Å². The molecule has 0 spiro atoms. The summed E-state index contributed by atoms with van der Waals surface area (Å²) in [6, 6.07) is 22.2. The number of nitrogens with two attached hydrogens (primary N) is 2. The molecule has 2 saturated heterocycles. The number of amides is 1. The van der Waals surface area contributed by atoms with Gasteiger partial charge in [-0.15, -0.1) is 11.3 Å². The molecule has 7 rings (SSSR count). The molecule has 5 aromatic rings. The van der Waals surface area contributed by atoms with Gasteiger partial charge in [0, 0.05) is 64.8 Å². The molecule has 50 heavy (non-hydrogen) atoms. The van der Waals surface area contributed by atoms with E-state index in [9.17, 15) is 10.1 Å². The lowest BCUT2D eigenvalue weighted by molar-refractivity contribution is 0.100. The molecule has 5 heterocycles. The average molecular weight is 710 g/mol. The van der Waals surface area contributed by atoms with Gasteiger partial charge in [0.25, 0.3) is 5.91 Å². The zero-order valence-electron chi connectivity index (χ0n) is 28.0. The van der Waals surface area contributed by atoms with E-state index in [0.29, 0.717) is 20.8 Å². The molecule has 0 radical (unpaired) electrons. The van der Waals surface area contributed by atoms with Gasteiger partial charge in [-0.05, 0) is 36.4 Å². The van der Waals surface area contributed by atoms with Crippen LogP contribution < -0.4 is 40.5 Å². The van der Waals surface area contributed by atoms with Crippen LogP contribution in [0.2, 0.25) is 0 Å². The normalized spacial score (nSPS) is 14.5. The number of methoxy groups -OCH3 is 2. The largest absolute Gasteiger partial charge is 0.495 e. The first-order valence-corrected chi connectivity index (χ1v) is 17.4. The number of hydrogen-bond donors (Lipinski definition) is 3. The zero-order chi connectivity index (χ0) is 35.2. The number of carbonyl (C=O) groups is 1. The fraction of sp³-hybridized carbons (Fsp3) is 0.278. The Morgan fingerprint density at radius 3 is 1.82 bits per heavy atom. The highest BCUT2D eigenvalue weighted by molar-refractivity contribution is 7.71. The van der Waals surface area contributed by atoms with E-state index in [1.807, 2.05) is 48.5 Å². The van der Waals surface area contributed by atoms with Gasteiger partial charge < -0.3 is 45.5 Å². The predicted molar refractivity (Wildman–Crippen MR) is 204 cm³/mol. The number of nitrogen functional groups attached to an aromatic ring is 1. The maximum absolute atomic E-state index is 11.6. The number of carbonyl (C=O) groups excluding carboxylic acids is 1. The Hall–Kier alpha value is -5.52. The van der Waals surface area contributed by atoms with E-state index in [0.717, 1.165) is 96.8 Å². The molecule has 0 unspecified atom stereocenters. The van der Waals surface area contributed by atoms with Gasteiger partial charge in [0.2, 0.25) is 0 Å². The molecule has 2 aliphatic rings. The van der Waals surface area contributed by atoms with Crippen molar-refractivity contribution in [3.05, 3.63) is 88.1 Å². The standard InChI is InChI=1S/C19H21N5O2S.C17H18N4OS/c1-26-14-5-3-2-4-12(14)23-8-10-24(11-9-23)13-6-7-22-19-15(13)16(20)17(27-19)18(21)25;1-22-16-5-3-2-4-15(16)21-10-8-20(9-11-21)14-6-7-19-17(23)13(14)12-18/h2-7H,8-11,20H2,1H3,(H2,21,25);2-7H,8-11H2,1H3,(H,19,23). The van der Waals surface area contributed by atoms with Crippen molar-refractivity contribution in [2.75, 3.05) is 91.9 Å². The van der Waals surface area contributed by atoms with Crippen LogP contribution in [0, 0.1) is 16.0 Å². The number of primary amides is 1. The van der Waals surface area contributed by atoms with Crippen molar-refractivity contribution in [2.24, 2.45) is 5.73 Å². The Balaban J connectivity index is 0.000000175. The highest BCUT2D eigenvalue weighted by atomic mass is 32.1. The lowest BCUT2D eigenvalue weighted by atomic mass is 10.1. The summed E-state index contributed by atoms with van der Waals surface area (Å²) in [5, 5.41) is 10.2. The number of thiophene rings is 1. The molecule has 0 atom stereocenters. The zero-order valence-corrected chi connectivity index (χ0v) is 29.6. The number of rotatable bonds is 7. The number of hydrogen-bond acceptors (Lipinski definition) is 12. The quantitative estimate of drug-likeness (QED) is 0.190. The van der Waals surface area contributed by atoms with E-state index < -0.39 is 5.91 Å². The fourth-order valence-corrected chi connectivity index (χ4v) is 7.63. The Morgan fingerprint density at radius 1 is 0.820 bits per heavy atom. The Morgan fingerprint density at radius 2 is 1.32 bits per heavy atom. The minimum absolute atomic E-state index is 0.373. The fourth-order valence-electron chi connectivity index (χ4n) is 6.47. The number of H-pyrrole nitrogens is 1. The second-order valence-corrected chi connectivity index (χ2v) is 13.1. The highest BCUT2D eigenvalue weighted by Gasteiger charge is 2.25. The summed E-state index contributed by atoms with van der Waals surface area (Å²) < 4.78 is 11.4. The van der Waals surface area contributed by atoms with Crippen molar-refractivity contribution in [3.63, 3.8) is 0 Å². The SMILES string of the molecule is COc1ccccc1N1CCN(c2cc[nH]c(=S)c2C#N)CC1.COc1ccccc1N1CCN(c2ccnc3sc(C(N)=O)c(N)c23)CC1. The van der Waals surface area contributed by atoms with Gasteiger partial charge in [0.05, 0.1) is 48.0 Å². The van der Waals surface area contributed by atoms with Crippen LogP contribution in [-0.4, -0.2) is 82.5 Å². The molecule has 5 N–H and O–H groups in total. The van der Waals surface area contributed by atoms with Crippen LogP contribution in [0.5, 0.6) is 11.5 Å². The molecule has 12 nitrogen and oxygen atoms in total. The number of pyridine rings is 2. The Bertz CT molecular complexity index is 2080. The van der Waals surface area contributed by atoms with Gasteiger partial charge in [-0.3, -0.25) is 4.79 Å². The minimum atomic E-state index is -0.512. The van der Waals surface area contributed by atoms with Crippen LogP contribution in [0.4, 0.5) is 28.4 Å². The monoisotopic (exact) mass is 709 g/mol. The van der Waals surface area contributed by atoms with E-state index in [1.54, 1.807) is 26.6 Å². The number of ether oxygens (including phenoxy) is 2. The first kappa shape index (κ1) is 34.3. The number of fused-ring (bicyclic) bond motifs is 1. The number of aromatic nitrogens is 2. The molecule has 1 amide bonds. The van der Waals surface area contributed by atoms with Crippen molar-refractivity contribution >= 4 is 68.1 Å². The number of nitrogens with zero attached hydrogens (tertiary/aromatic N) is 6. The van der Waals surface area contributed by atoms with Gasteiger partial charge in [0.15, 0.2) is 0 Å². The third kappa shape index (κ3) is 6.96. The minimum Gasteiger partial charge on any atom is -0.495 e. The van der Waals surface area contributed by atoms with Crippen molar-refractivity contribution in [1.29, 1.82) is 5.26 Å². The number of piperazine rings is 2. The van der Waals surface area contributed by atoms with Gasteiger partial charge in [-0.2, -0.15) is 5.26 Å². The number of aromatic amines is 1. The number of para-hydroxylation sites is 4. The average Bonchev–Trinajstić information content (AvgIpc) is 3.51. The number of nitriles is 1. The van der Waals surface area contributed by atoms with Crippen molar-refractivity contribution in [1.82, 2.24) is 9.97 Å². The number of nitrogens with one attached hydrogen (secondary N) is 1. The molecular formula is C36H39N9O3S2. The Kier molecular flexibility index (Phi) is 10.5. The van der Waals surface area contributed by atoms with Crippen LogP contribution in [0.1, 0.15) is 15.2 Å².